The smallest absolute Gasteiger partial charge is 0.225 e. The first kappa shape index (κ1) is 16.8. The minimum absolute atomic E-state index is 0.0556. The van der Waals surface area contributed by atoms with Crippen molar-refractivity contribution < 1.29 is 4.79 Å². The fourth-order valence-electron chi connectivity index (χ4n) is 3.25. The molecule has 1 atom stereocenters. The highest BCUT2D eigenvalue weighted by Crippen LogP contribution is 2.22. The molecular formula is C18H19ClN6O. The van der Waals surface area contributed by atoms with Crippen molar-refractivity contribution in [3.8, 4) is 0 Å². The number of carbonyl (C=O) groups is 1. The van der Waals surface area contributed by atoms with Crippen LogP contribution >= 0.6 is 11.6 Å². The summed E-state index contributed by atoms with van der Waals surface area (Å²) in [6, 6.07) is 11.4. The molecule has 1 N–H and O–H groups in total. The molecule has 1 saturated heterocycles. The maximum Gasteiger partial charge on any atom is 0.225 e. The zero-order chi connectivity index (χ0) is 17.9. The molecule has 1 aliphatic heterocycles. The van der Waals surface area contributed by atoms with E-state index in [1.54, 1.807) is 10.8 Å². The molecule has 3 heterocycles. The van der Waals surface area contributed by atoms with Crippen molar-refractivity contribution >= 4 is 29.0 Å². The molecule has 8 heteroatoms. The predicted molar refractivity (Wildman–Crippen MR) is 99.0 cm³/mol. The van der Waals surface area contributed by atoms with Crippen LogP contribution in [0.25, 0.3) is 5.65 Å². The molecule has 2 aromatic heterocycles. The molecule has 1 aromatic carbocycles. The van der Waals surface area contributed by atoms with Gasteiger partial charge < -0.3 is 10.2 Å². The van der Waals surface area contributed by atoms with E-state index in [1.165, 1.54) is 0 Å². The summed E-state index contributed by atoms with van der Waals surface area (Å²) in [5, 5.41) is 16.0. The van der Waals surface area contributed by atoms with Crippen molar-refractivity contribution in [1.29, 1.82) is 0 Å². The van der Waals surface area contributed by atoms with Gasteiger partial charge in [-0.15, -0.1) is 15.3 Å². The monoisotopic (exact) mass is 370 g/mol. The number of amides is 1. The lowest BCUT2D eigenvalue weighted by Gasteiger charge is -2.32. The molecule has 1 fully saturated rings. The van der Waals surface area contributed by atoms with Gasteiger partial charge in [0, 0.05) is 24.7 Å². The first-order chi connectivity index (χ1) is 12.7. The van der Waals surface area contributed by atoms with Crippen LogP contribution in [-0.2, 0) is 11.3 Å². The topological polar surface area (TPSA) is 75.4 Å². The lowest BCUT2D eigenvalue weighted by atomic mass is 9.97. The molecule has 26 heavy (non-hydrogen) atoms. The Bertz CT molecular complexity index is 927. The molecule has 0 aliphatic carbocycles. The van der Waals surface area contributed by atoms with Gasteiger partial charge in [0.05, 0.1) is 5.92 Å². The predicted octanol–water partition coefficient (Wildman–Crippen LogP) is 2.31. The normalized spacial score (nSPS) is 17.4. The number of fused-ring (bicyclic) bond motifs is 1. The summed E-state index contributed by atoms with van der Waals surface area (Å²) in [7, 11) is 0. The van der Waals surface area contributed by atoms with E-state index < -0.39 is 0 Å². The second kappa shape index (κ2) is 7.29. The number of carbonyl (C=O) groups excluding carboxylic acids is 1. The van der Waals surface area contributed by atoms with Crippen molar-refractivity contribution in [1.82, 2.24) is 25.1 Å². The summed E-state index contributed by atoms with van der Waals surface area (Å²) in [4.78, 5) is 14.7. The van der Waals surface area contributed by atoms with Crippen molar-refractivity contribution in [2.75, 3.05) is 18.0 Å². The van der Waals surface area contributed by atoms with Crippen LogP contribution in [-0.4, -0.2) is 38.8 Å². The Hall–Kier alpha value is -2.67. The number of benzene rings is 1. The molecule has 4 rings (SSSR count). The van der Waals surface area contributed by atoms with E-state index in [2.05, 4.69) is 25.5 Å². The van der Waals surface area contributed by atoms with E-state index in [4.69, 9.17) is 11.6 Å². The van der Waals surface area contributed by atoms with E-state index in [0.717, 1.165) is 30.8 Å². The summed E-state index contributed by atoms with van der Waals surface area (Å²) < 4.78 is 1.65. The number of hydrogen-bond donors (Lipinski definition) is 1. The number of nitrogens with one attached hydrogen (secondary N) is 1. The molecule has 1 amide bonds. The van der Waals surface area contributed by atoms with Gasteiger partial charge in [0.1, 0.15) is 12.1 Å². The zero-order valence-corrected chi connectivity index (χ0v) is 14.9. The standard InChI is InChI=1S/C18H19ClN6O/c19-15-6-2-1-4-13(15)10-20-18(26)14-5-3-9-24(11-14)17-8-7-16-22-21-12-25(16)23-17/h1-2,4,6-8,12,14H,3,5,9-11H2,(H,20,26)/t14-/m1/s1. The maximum atomic E-state index is 12.6. The van der Waals surface area contributed by atoms with Gasteiger partial charge in [0.15, 0.2) is 5.65 Å². The van der Waals surface area contributed by atoms with Gasteiger partial charge in [-0.25, -0.2) is 0 Å². The number of halogens is 1. The van der Waals surface area contributed by atoms with E-state index in [1.807, 2.05) is 36.4 Å². The Morgan fingerprint density at radius 2 is 2.15 bits per heavy atom. The van der Waals surface area contributed by atoms with Crippen LogP contribution in [0.5, 0.6) is 0 Å². The third-order valence-electron chi connectivity index (χ3n) is 4.67. The van der Waals surface area contributed by atoms with Crippen LogP contribution in [0.15, 0.2) is 42.7 Å². The molecule has 0 saturated carbocycles. The van der Waals surface area contributed by atoms with Crippen LogP contribution in [0.3, 0.4) is 0 Å². The molecule has 3 aromatic rings. The number of aromatic nitrogens is 4. The molecule has 0 radical (unpaired) electrons. The third kappa shape index (κ3) is 3.48. The highest BCUT2D eigenvalue weighted by atomic mass is 35.5. The van der Waals surface area contributed by atoms with Crippen LogP contribution in [0.4, 0.5) is 5.82 Å². The van der Waals surface area contributed by atoms with Gasteiger partial charge in [0.2, 0.25) is 5.91 Å². The lowest BCUT2D eigenvalue weighted by molar-refractivity contribution is -0.125. The van der Waals surface area contributed by atoms with Gasteiger partial charge >= 0.3 is 0 Å². The van der Waals surface area contributed by atoms with Gasteiger partial charge in [-0.05, 0) is 36.6 Å². The van der Waals surface area contributed by atoms with Crippen LogP contribution in [0.1, 0.15) is 18.4 Å². The summed E-state index contributed by atoms with van der Waals surface area (Å²) in [5.74, 6) is 0.825. The number of rotatable bonds is 4. The summed E-state index contributed by atoms with van der Waals surface area (Å²) in [6.07, 6.45) is 3.41. The molecule has 0 unspecified atom stereocenters. The van der Waals surface area contributed by atoms with Gasteiger partial charge in [0.25, 0.3) is 0 Å². The van der Waals surface area contributed by atoms with Gasteiger partial charge in [-0.3, -0.25) is 4.79 Å². The Morgan fingerprint density at radius 1 is 1.27 bits per heavy atom. The average Bonchev–Trinajstić information content (AvgIpc) is 3.15. The number of anilines is 1. The number of hydrogen-bond acceptors (Lipinski definition) is 5. The molecular weight excluding hydrogens is 352 g/mol. The minimum Gasteiger partial charge on any atom is -0.354 e. The van der Waals surface area contributed by atoms with Gasteiger partial charge in [-0.2, -0.15) is 4.52 Å². The Kier molecular flexibility index (Phi) is 4.71. The summed E-state index contributed by atoms with van der Waals surface area (Å²) >= 11 is 6.15. The van der Waals surface area contributed by atoms with E-state index in [0.29, 0.717) is 23.8 Å². The first-order valence-corrected chi connectivity index (χ1v) is 9.01. The largest absolute Gasteiger partial charge is 0.354 e. The third-order valence-corrected chi connectivity index (χ3v) is 5.04. The van der Waals surface area contributed by atoms with Crippen molar-refractivity contribution in [2.45, 2.75) is 19.4 Å². The average molecular weight is 371 g/mol. The fraction of sp³-hybridized carbons (Fsp3) is 0.333. The Balaban J connectivity index is 1.41. The quantitative estimate of drug-likeness (QED) is 0.762. The molecule has 7 nitrogen and oxygen atoms in total. The summed E-state index contributed by atoms with van der Waals surface area (Å²) in [5.41, 5.74) is 1.63. The van der Waals surface area contributed by atoms with E-state index in [9.17, 15) is 4.79 Å². The van der Waals surface area contributed by atoms with Crippen molar-refractivity contribution in [2.24, 2.45) is 5.92 Å². The Morgan fingerprint density at radius 3 is 3.04 bits per heavy atom. The van der Waals surface area contributed by atoms with Crippen LogP contribution < -0.4 is 10.2 Å². The summed E-state index contributed by atoms with van der Waals surface area (Å²) in [6.45, 7) is 1.98. The maximum absolute atomic E-state index is 12.6. The van der Waals surface area contributed by atoms with Gasteiger partial charge in [-0.1, -0.05) is 29.8 Å². The second-order valence-electron chi connectivity index (χ2n) is 6.42. The molecule has 0 spiro atoms. The van der Waals surface area contributed by atoms with Crippen LogP contribution in [0, 0.1) is 5.92 Å². The lowest BCUT2D eigenvalue weighted by Crippen LogP contribution is -2.43. The molecule has 1 aliphatic rings. The highest BCUT2D eigenvalue weighted by molar-refractivity contribution is 6.31. The van der Waals surface area contributed by atoms with E-state index in [-0.39, 0.29) is 11.8 Å². The number of piperidine rings is 1. The highest BCUT2D eigenvalue weighted by Gasteiger charge is 2.26. The van der Waals surface area contributed by atoms with E-state index >= 15 is 0 Å². The fourth-order valence-corrected chi connectivity index (χ4v) is 3.46. The number of nitrogens with zero attached hydrogens (tertiary/aromatic N) is 5. The molecule has 134 valence electrons. The molecule has 0 bridgehead atoms. The van der Waals surface area contributed by atoms with Crippen LogP contribution in [0.2, 0.25) is 5.02 Å². The zero-order valence-electron chi connectivity index (χ0n) is 14.2. The Labute approximate surface area is 156 Å². The minimum atomic E-state index is -0.0651. The SMILES string of the molecule is O=C(NCc1ccccc1Cl)[C@@H]1CCCN(c2ccc3nncn3n2)C1. The van der Waals surface area contributed by atoms with Crippen molar-refractivity contribution in [3.05, 3.63) is 53.3 Å². The first-order valence-electron chi connectivity index (χ1n) is 8.64. The second-order valence-corrected chi connectivity index (χ2v) is 6.83. The van der Waals surface area contributed by atoms with Crippen molar-refractivity contribution in [3.63, 3.8) is 0 Å².